The van der Waals surface area contributed by atoms with E-state index >= 15 is 0 Å². The number of hydrogen-bond acceptors (Lipinski definition) is 7. The molecule has 10 heteroatoms. The summed E-state index contributed by atoms with van der Waals surface area (Å²) in [5.74, 6) is -3.54. The minimum atomic E-state index is -1.28. The number of allylic oxidation sites excluding steroid dienone is 1. The molecule has 0 aromatic heterocycles. The van der Waals surface area contributed by atoms with Gasteiger partial charge >= 0.3 is 5.97 Å². The molecule has 3 fully saturated rings. The van der Waals surface area contributed by atoms with Gasteiger partial charge in [0.05, 0.1) is 36.6 Å². The quantitative estimate of drug-likeness (QED) is 0.229. The molecule has 2 aromatic carbocycles. The first-order chi connectivity index (χ1) is 23.0. The first-order valence-corrected chi connectivity index (χ1v) is 16.8. The number of hydrogen-bond donors (Lipinski definition) is 2. The third kappa shape index (κ3) is 6.19. The Morgan fingerprint density at radius 3 is 2.42 bits per heavy atom. The number of anilines is 1. The Labute approximate surface area is 282 Å². The van der Waals surface area contributed by atoms with Crippen molar-refractivity contribution in [3.05, 3.63) is 90.5 Å². The van der Waals surface area contributed by atoms with Crippen molar-refractivity contribution in [2.75, 3.05) is 18.1 Å². The third-order valence-electron chi connectivity index (χ3n) is 10.1. The number of benzene rings is 2. The largest absolute Gasteiger partial charge is 0.455 e. The van der Waals surface area contributed by atoms with E-state index in [0.717, 1.165) is 16.8 Å². The van der Waals surface area contributed by atoms with E-state index in [4.69, 9.17) is 9.47 Å². The Balaban J connectivity index is 1.50. The summed E-state index contributed by atoms with van der Waals surface area (Å²) in [6.07, 6.45) is 3.46. The van der Waals surface area contributed by atoms with E-state index in [1.165, 1.54) is 4.90 Å². The van der Waals surface area contributed by atoms with Crippen molar-refractivity contribution in [2.45, 2.75) is 89.3 Å². The predicted octanol–water partition coefficient (Wildman–Crippen LogP) is 4.33. The molecule has 3 saturated heterocycles. The molecular weight excluding hydrogens is 610 g/mol. The molecule has 3 aliphatic rings. The molecule has 3 heterocycles. The van der Waals surface area contributed by atoms with Crippen LogP contribution in [0.25, 0.3) is 0 Å². The molecule has 3 aliphatic heterocycles. The van der Waals surface area contributed by atoms with Gasteiger partial charge in [0.1, 0.15) is 17.7 Å². The van der Waals surface area contributed by atoms with E-state index in [1.54, 1.807) is 30.9 Å². The number of aryl methyl sites for hydroxylation is 2. The number of nitrogens with zero attached hydrogens (tertiary/aromatic N) is 2. The van der Waals surface area contributed by atoms with Crippen LogP contribution in [-0.2, 0) is 28.7 Å². The van der Waals surface area contributed by atoms with Crippen LogP contribution in [0.5, 0.6) is 0 Å². The number of rotatable bonds is 14. The lowest BCUT2D eigenvalue weighted by molar-refractivity contribution is -0.162. The van der Waals surface area contributed by atoms with Crippen molar-refractivity contribution in [2.24, 2.45) is 11.8 Å². The van der Waals surface area contributed by atoms with Gasteiger partial charge in [-0.2, -0.15) is 0 Å². The first kappa shape index (κ1) is 35.0. The standard InChI is InChI=1S/C38H47N3O7/c1-7-9-18-29(43)39-26(6)33(27-16-11-10-12-17-27)47-37(46)30-28-19-20-38(48-28)31(30)35(44)41(25(5)22-42)34(38)36(45)40(21-8-2)32-23(3)14-13-15-24(32)4/h7-8,10-17,25-26,28,30-31,33-34,42H,1-2,9,18-22H2,3-6H3,(H,39,43)/t25-,26-,28+,30-,31-,33-,34+,38-/m1/s1. The summed E-state index contributed by atoms with van der Waals surface area (Å²) in [5.41, 5.74) is 1.91. The molecule has 3 amide bonds. The van der Waals surface area contributed by atoms with E-state index in [1.807, 2.05) is 62.4 Å². The maximum Gasteiger partial charge on any atom is 0.313 e. The minimum absolute atomic E-state index is 0.196. The summed E-state index contributed by atoms with van der Waals surface area (Å²) in [4.78, 5) is 59.2. The fourth-order valence-corrected chi connectivity index (χ4v) is 7.94. The van der Waals surface area contributed by atoms with Gasteiger partial charge in [0.15, 0.2) is 0 Å². The SMILES string of the molecule is C=CCCC(=O)N[C@H](C)[C@@H](OC(=O)[C@@H]1[C@@H]2CC[C@]3(O2)[C@H](C(=O)N(CC=C)c2c(C)cccc2C)N([C@H](C)CO)C(=O)[C@@H]13)c1ccccc1. The monoisotopic (exact) mass is 657 g/mol. The zero-order valence-corrected chi connectivity index (χ0v) is 28.3. The van der Waals surface area contributed by atoms with Crippen molar-refractivity contribution < 1.29 is 33.8 Å². The number of ether oxygens (including phenoxy) is 2. The molecule has 5 rings (SSSR count). The molecule has 0 unspecified atom stereocenters. The number of para-hydroxylation sites is 1. The van der Waals surface area contributed by atoms with Crippen molar-refractivity contribution >= 4 is 29.4 Å². The van der Waals surface area contributed by atoms with Gasteiger partial charge in [-0.05, 0) is 63.6 Å². The second-order valence-electron chi connectivity index (χ2n) is 13.3. The summed E-state index contributed by atoms with van der Waals surface area (Å²) in [5, 5.41) is 13.2. The second-order valence-corrected chi connectivity index (χ2v) is 13.3. The summed E-state index contributed by atoms with van der Waals surface area (Å²) in [6, 6.07) is 12.6. The van der Waals surface area contributed by atoms with E-state index < -0.39 is 59.6 Å². The van der Waals surface area contributed by atoms with E-state index in [0.29, 0.717) is 24.8 Å². The summed E-state index contributed by atoms with van der Waals surface area (Å²) >= 11 is 0. The average Bonchev–Trinajstić information content (AvgIpc) is 3.72. The van der Waals surface area contributed by atoms with E-state index in [9.17, 15) is 24.3 Å². The number of carbonyl (C=O) groups excluding carboxylic acids is 4. The molecule has 0 aliphatic carbocycles. The van der Waals surface area contributed by atoms with Crippen molar-refractivity contribution in [3.8, 4) is 0 Å². The topological polar surface area (TPSA) is 125 Å². The van der Waals surface area contributed by atoms with Gasteiger partial charge in [-0.25, -0.2) is 0 Å². The number of aliphatic hydroxyl groups excluding tert-OH is 1. The van der Waals surface area contributed by atoms with Crippen LogP contribution in [0, 0.1) is 25.7 Å². The molecule has 2 aromatic rings. The highest BCUT2D eigenvalue weighted by atomic mass is 16.6. The van der Waals surface area contributed by atoms with Gasteiger partial charge in [0.25, 0.3) is 5.91 Å². The van der Waals surface area contributed by atoms with Gasteiger partial charge in [0, 0.05) is 18.7 Å². The smallest absolute Gasteiger partial charge is 0.313 e. The Bertz CT molecular complexity index is 1540. The van der Waals surface area contributed by atoms with Crippen LogP contribution in [0.15, 0.2) is 73.8 Å². The maximum atomic E-state index is 14.8. The number of amides is 3. The van der Waals surface area contributed by atoms with Gasteiger partial charge < -0.3 is 29.7 Å². The molecule has 10 nitrogen and oxygen atoms in total. The molecule has 0 radical (unpaired) electrons. The molecule has 0 saturated carbocycles. The van der Waals surface area contributed by atoms with Crippen molar-refractivity contribution in [3.63, 3.8) is 0 Å². The Hall–Kier alpha value is -4.28. The van der Waals surface area contributed by atoms with E-state index in [-0.39, 0.29) is 31.4 Å². The summed E-state index contributed by atoms with van der Waals surface area (Å²) in [7, 11) is 0. The number of nitrogens with one attached hydrogen (secondary N) is 1. The number of fused-ring (bicyclic) bond motifs is 1. The Morgan fingerprint density at radius 1 is 1.10 bits per heavy atom. The van der Waals surface area contributed by atoms with Crippen molar-refractivity contribution in [1.82, 2.24) is 10.2 Å². The zero-order valence-electron chi connectivity index (χ0n) is 28.3. The maximum absolute atomic E-state index is 14.8. The highest BCUT2D eigenvalue weighted by molar-refractivity contribution is 6.05. The van der Waals surface area contributed by atoms with Crippen molar-refractivity contribution in [1.29, 1.82) is 0 Å². The highest BCUT2D eigenvalue weighted by Crippen LogP contribution is 2.59. The van der Waals surface area contributed by atoms with Crippen LogP contribution in [-0.4, -0.2) is 76.7 Å². The van der Waals surface area contributed by atoms with Crippen LogP contribution in [0.4, 0.5) is 5.69 Å². The predicted molar refractivity (Wildman–Crippen MR) is 182 cm³/mol. The third-order valence-corrected chi connectivity index (χ3v) is 10.1. The lowest BCUT2D eigenvalue weighted by Crippen LogP contribution is -2.58. The molecule has 256 valence electrons. The number of esters is 1. The Morgan fingerprint density at radius 2 is 1.79 bits per heavy atom. The molecule has 2 N–H and O–H groups in total. The normalized spacial score (nSPS) is 25.9. The van der Waals surface area contributed by atoms with Gasteiger partial charge in [-0.3, -0.25) is 19.2 Å². The highest BCUT2D eigenvalue weighted by Gasteiger charge is 2.75. The van der Waals surface area contributed by atoms with Gasteiger partial charge in [0.2, 0.25) is 11.8 Å². The molecule has 2 bridgehead atoms. The Kier molecular flexibility index (Phi) is 10.6. The number of carbonyl (C=O) groups is 4. The lowest BCUT2D eigenvalue weighted by Gasteiger charge is -2.39. The fourth-order valence-electron chi connectivity index (χ4n) is 7.94. The zero-order chi connectivity index (χ0) is 34.7. The number of aliphatic hydroxyl groups is 1. The molecule has 1 spiro atoms. The van der Waals surface area contributed by atoms with Crippen LogP contribution < -0.4 is 10.2 Å². The van der Waals surface area contributed by atoms with Crippen LogP contribution in [0.3, 0.4) is 0 Å². The van der Waals surface area contributed by atoms with Crippen LogP contribution in [0.1, 0.15) is 62.3 Å². The molecule has 48 heavy (non-hydrogen) atoms. The first-order valence-electron chi connectivity index (χ1n) is 16.8. The summed E-state index contributed by atoms with van der Waals surface area (Å²) < 4.78 is 12.8. The average molecular weight is 658 g/mol. The summed E-state index contributed by atoms with van der Waals surface area (Å²) in [6.45, 7) is 14.7. The number of likely N-dealkylation sites (tertiary alicyclic amines) is 1. The second kappa shape index (κ2) is 14.5. The minimum Gasteiger partial charge on any atom is -0.455 e. The van der Waals surface area contributed by atoms with Crippen LogP contribution >= 0.6 is 0 Å². The molecular formula is C38H47N3O7. The lowest BCUT2D eigenvalue weighted by atomic mass is 9.70. The fraction of sp³-hybridized carbons (Fsp3) is 0.474. The molecule has 8 atom stereocenters. The van der Waals surface area contributed by atoms with E-state index in [2.05, 4.69) is 18.5 Å². The van der Waals surface area contributed by atoms with Gasteiger partial charge in [-0.1, -0.05) is 60.7 Å². The van der Waals surface area contributed by atoms with Crippen LogP contribution in [0.2, 0.25) is 0 Å². The van der Waals surface area contributed by atoms with Gasteiger partial charge in [-0.15, -0.1) is 13.2 Å².